The highest BCUT2D eigenvalue weighted by atomic mass is 35.5. The number of benzene rings is 4. The third kappa shape index (κ3) is 10.1. The molecule has 8 rings (SSSR count). The summed E-state index contributed by atoms with van der Waals surface area (Å²) in [5.74, 6) is 0. The van der Waals surface area contributed by atoms with Gasteiger partial charge in [-0.15, -0.1) is 22.7 Å². The van der Waals surface area contributed by atoms with Crippen molar-refractivity contribution >= 4 is 99.4 Å². The van der Waals surface area contributed by atoms with Crippen LogP contribution in [0.1, 0.15) is 18.1 Å². The molecule has 0 radical (unpaired) electrons. The third-order valence-corrected chi connectivity index (χ3v) is 17.1. The van der Waals surface area contributed by atoms with Crippen LogP contribution in [0, 0.1) is 6.92 Å². The fourth-order valence-corrected chi connectivity index (χ4v) is 12.7. The number of rotatable bonds is 9. The summed E-state index contributed by atoms with van der Waals surface area (Å²) >= 11 is 27.2. The maximum Gasteiger partial charge on any atom is 0.244 e. The molecule has 0 spiro atoms. The van der Waals surface area contributed by atoms with Gasteiger partial charge in [-0.25, -0.2) is 26.8 Å². The molecular formula is C41H40Cl4N6O4S4. The van der Waals surface area contributed by atoms with Gasteiger partial charge < -0.3 is 9.80 Å². The third-order valence-electron chi connectivity index (χ3n) is 10.0. The fourth-order valence-electron chi connectivity index (χ4n) is 6.61. The number of piperazine rings is 2. The molecule has 0 N–H and O–H groups in total. The zero-order valence-corrected chi connectivity index (χ0v) is 38.4. The maximum atomic E-state index is 13.0. The highest BCUT2D eigenvalue weighted by Gasteiger charge is 2.32. The molecule has 2 saturated heterocycles. The Balaban J connectivity index is 0.000000179. The monoisotopic (exact) mass is 948 g/mol. The fraction of sp³-hybridized carbons (Fsp3) is 0.268. The number of aromatic nitrogens is 2. The normalized spacial score (nSPS) is 15.6. The van der Waals surface area contributed by atoms with E-state index in [1.54, 1.807) is 34.8 Å². The molecule has 0 aliphatic carbocycles. The molecule has 59 heavy (non-hydrogen) atoms. The molecule has 18 heteroatoms. The van der Waals surface area contributed by atoms with Crippen molar-refractivity contribution in [1.82, 2.24) is 18.6 Å². The van der Waals surface area contributed by atoms with Crippen LogP contribution in [0.2, 0.25) is 20.1 Å². The summed E-state index contributed by atoms with van der Waals surface area (Å²) in [7, 11) is -7.32. The van der Waals surface area contributed by atoms with Crippen molar-refractivity contribution in [3.05, 3.63) is 127 Å². The van der Waals surface area contributed by atoms with Crippen molar-refractivity contribution in [2.45, 2.75) is 30.1 Å². The van der Waals surface area contributed by atoms with Gasteiger partial charge in [0.1, 0.15) is 9.79 Å². The Labute approximate surface area is 373 Å². The highest BCUT2D eigenvalue weighted by molar-refractivity contribution is 7.89. The van der Waals surface area contributed by atoms with Gasteiger partial charge in [0, 0.05) is 84.3 Å². The van der Waals surface area contributed by atoms with Crippen molar-refractivity contribution in [3.63, 3.8) is 0 Å². The predicted molar refractivity (Wildman–Crippen MR) is 244 cm³/mol. The Bertz CT molecular complexity index is 2630. The van der Waals surface area contributed by atoms with E-state index in [9.17, 15) is 16.8 Å². The largest absolute Gasteiger partial charge is 0.345 e. The van der Waals surface area contributed by atoms with E-state index in [-0.39, 0.29) is 19.8 Å². The molecule has 2 aromatic heterocycles. The Morgan fingerprint density at radius 2 is 0.949 bits per heavy atom. The molecule has 0 amide bonds. The van der Waals surface area contributed by atoms with E-state index in [1.165, 1.54) is 44.0 Å². The van der Waals surface area contributed by atoms with Crippen LogP contribution in [-0.2, 0) is 26.5 Å². The van der Waals surface area contributed by atoms with Crippen LogP contribution in [0.15, 0.2) is 105 Å². The van der Waals surface area contributed by atoms with Crippen LogP contribution in [0.4, 0.5) is 10.3 Å². The number of sulfonamides is 2. The Kier molecular flexibility index (Phi) is 13.9. The van der Waals surface area contributed by atoms with Crippen LogP contribution >= 0.6 is 69.1 Å². The number of hydrogen-bond acceptors (Lipinski definition) is 10. The molecule has 4 aromatic carbocycles. The zero-order valence-electron chi connectivity index (χ0n) is 32.1. The van der Waals surface area contributed by atoms with Gasteiger partial charge in [0.15, 0.2) is 10.3 Å². The van der Waals surface area contributed by atoms with E-state index in [0.29, 0.717) is 62.4 Å². The average molecular weight is 951 g/mol. The van der Waals surface area contributed by atoms with E-state index in [4.69, 9.17) is 56.4 Å². The SMILES string of the molecule is CCc1ccc(-c2csc(N3CCN(S(=O)(=O)c4ccc(Cl)cc4Cl)CC3)n2)cc1.Cc1ccc(-c2csc(N3CCN(S(=O)(=O)c4ccc(Cl)cc4Cl)CC3)n2)cc1. The van der Waals surface area contributed by atoms with Gasteiger partial charge in [0.2, 0.25) is 20.0 Å². The molecule has 2 aliphatic heterocycles. The number of aryl methyl sites for hydroxylation is 2. The average Bonchev–Trinajstić information content (AvgIpc) is 3.93. The summed E-state index contributed by atoms with van der Waals surface area (Å²) in [6.07, 6.45) is 1.01. The summed E-state index contributed by atoms with van der Waals surface area (Å²) in [5, 5.41) is 7.00. The molecule has 10 nitrogen and oxygen atoms in total. The zero-order chi connectivity index (χ0) is 41.9. The van der Waals surface area contributed by atoms with Gasteiger partial charge in [-0.2, -0.15) is 8.61 Å². The Hall–Kier alpha value is -3.28. The second-order valence-electron chi connectivity index (χ2n) is 13.9. The second-order valence-corrected chi connectivity index (χ2v) is 21.1. The molecule has 6 aromatic rings. The number of anilines is 2. The number of hydrogen-bond donors (Lipinski definition) is 0. The highest BCUT2D eigenvalue weighted by Crippen LogP contribution is 2.33. The summed E-state index contributed by atoms with van der Waals surface area (Å²) in [5.41, 5.74) is 6.56. The van der Waals surface area contributed by atoms with Crippen molar-refractivity contribution in [2.24, 2.45) is 0 Å². The molecule has 0 atom stereocenters. The summed E-state index contributed by atoms with van der Waals surface area (Å²) in [6.45, 7) is 8.00. The van der Waals surface area contributed by atoms with E-state index < -0.39 is 20.0 Å². The van der Waals surface area contributed by atoms with Crippen LogP contribution in [0.25, 0.3) is 22.5 Å². The van der Waals surface area contributed by atoms with Crippen LogP contribution in [-0.4, -0.2) is 87.8 Å². The van der Waals surface area contributed by atoms with Crippen molar-refractivity contribution < 1.29 is 16.8 Å². The molecule has 0 saturated carbocycles. The summed E-state index contributed by atoms with van der Waals surface area (Å²) in [4.78, 5) is 13.9. The molecule has 0 unspecified atom stereocenters. The first kappa shape index (κ1) is 43.8. The lowest BCUT2D eigenvalue weighted by Crippen LogP contribution is -2.48. The first-order chi connectivity index (χ1) is 28.2. The van der Waals surface area contributed by atoms with Gasteiger partial charge in [-0.3, -0.25) is 0 Å². The Morgan fingerprint density at radius 1 is 0.559 bits per heavy atom. The van der Waals surface area contributed by atoms with Crippen molar-refractivity contribution in [1.29, 1.82) is 0 Å². The minimum absolute atomic E-state index is 0.0907. The minimum atomic E-state index is -3.66. The van der Waals surface area contributed by atoms with Crippen LogP contribution in [0.5, 0.6) is 0 Å². The summed E-state index contributed by atoms with van der Waals surface area (Å²) < 4.78 is 54.8. The van der Waals surface area contributed by atoms with Gasteiger partial charge in [-0.1, -0.05) is 107 Å². The standard InChI is InChI=1S/C21H21Cl2N3O2S2.C20H19Cl2N3O2S2/c1-2-15-3-5-16(6-4-15)19-14-29-21(24-19)25-9-11-26(12-10-25)30(27,28)20-8-7-17(22)13-18(20)23;1-14-2-4-15(5-3-14)18-13-28-20(23-18)24-8-10-25(11-9-24)29(26,27)19-7-6-16(21)12-17(19)22/h3-8,13-14H,2,9-12H2,1H3;2-7,12-13H,8-11H2,1H3. The van der Waals surface area contributed by atoms with Gasteiger partial charge in [0.05, 0.1) is 21.4 Å². The van der Waals surface area contributed by atoms with Crippen LogP contribution < -0.4 is 9.80 Å². The van der Waals surface area contributed by atoms with Crippen molar-refractivity contribution in [3.8, 4) is 22.5 Å². The summed E-state index contributed by atoms with van der Waals surface area (Å²) in [6, 6.07) is 25.6. The molecule has 0 bridgehead atoms. The number of thiazole rings is 2. The molecule has 4 heterocycles. The van der Waals surface area contributed by atoms with Crippen molar-refractivity contribution in [2.75, 3.05) is 62.2 Å². The van der Waals surface area contributed by atoms with Gasteiger partial charge in [-0.05, 0) is 55.3 Å². The second kappa shape index (κ2) is 18.8. The Morgan fingerprint density at radius 3 is 1.32 bits per heavy atom. The maximum absolute atomic E-state index is 13.0. The lowest BCUT2D eigenvalue weighted by molar-refractivity contribution is 0.384. The predicted octanol–water partition coefficient (Wildman–Crippen LogP) is 10.1. The van der Waals surface area contributed by atoms with E-state index in [1.807, 2.05) is 10.8 Å². The molecule has 310 valence electrons. The molecule has 2 fully saturated rings. The topological polar surface area (TPSA) is 107 Å². The van der Waals surface area contributed by atoms with E-state index in [0.717, 1.165) is 39.2 Å². The lowest BCUT2D eigenvalue weighted by atomic mass is 10.1. The number of nitrogens with zero attached hydrogens (tertiary/aromatic N) is 6. The first-order valence-electron chi connectivity index (χ1n) is 18.7. The quantitative estimate of drug-likeness (QED) is 0.141. The number of halogens is 4. The smallest absolute Gasteiger partial charge is 0.244 e. The minimum Gasteiger partial charge on any atom is -0.345 e. The molecular weight excluding hydrogens is 911 g/mol. The van der Waals surface area contributed by atoms with Gasteiger partial charge >= 0.3 is 0 Å². The van der Waals surface area contributed by atoms with Gasteiger partial charge in [0.25, 0.3) is 0 Å². The molecule has 2 aliphatic rings. The first-order valence-corrected chi connectivity index (χ1v) is 24.9. The lowest BCUT2D eigenvalue weighted by Gasteiger charge is -2.33. The van der Waals surface area contributed by atoms with Crippen LogP contribution in [0.3, 0.4) is 0 Å². The van der Waals surface area contributed by atoms with E-state index >= 15 is 0 Å². The van der Waals surface area contributed by atoms with E-state index in [2.05, 4.69) is 72.2 Å².